The van der Waals surface area contributed by atoms with Gasteiger partial charge >= 0.3 is 0 Å². The molecule has 4 heteroatoms. The fourth-order valence-corrected chi connectivity index (χ4v) is 3.58. The van der Waals surface area contributed by atoms with E-state index in [1.165, 1.54) is 16.7 Å². The molecule has 2 aromatic rings. The predicted molar refractivity (Wildman–Crippen MR) is 107 cm³/mol. The number of aliphatic imine (C=N–C) groups is 1. The van der Waals surface area contributed by atoms with E-state index in [1.54, 1.807) is 0 Å². The fraction of sp³-hybridized carbons (Fsp3) is 0.381. The van der Waals surface area contributed by atoms with Crippen molar-refractivity contribution < 1.29 is 0 Å². The maximum atomic E-state index is 6.31. The van der Waals surface area contributed by atoms with Crippen molar-refractivity contribution in [3.8, 4) is 0 Å². The van der Waals surface area contributed by atoms with Gasteiger partial charge in [-0.25, -0.2) is 4.99 Å². The van der Waals surface area contributed by atoms with Crippen molar-refractivity contribution in [3.63, 3.8) is 0 Å². The molecule has 1 atom stereocenters. The summed E-state index contributed by atoms with van der Waals surface area (Å²) >= 11 is 6.31. The second-order valence-electron chi connectivity index (χ2n) is 7.03. The normalized spacial score (nSPS) is 16.8. The van der Waals surface area contributed by atoms with Crippen molar-refractivity contribution in [3.05, 3.63) is 64.2 Å². The molecule has 2 aromatic carbocycles. The number of halogens is 1. The maximum absolute atomic E-state index is 6.31. The molecule has 1 heterocycles. The van der Waals surface area contributed by atoms with Crippen LogP contribution in [-0.4, -0.2) is 42.8 Å². The SMILES string of the molecule is CC1=Nc2ccc(Cl)cc2C(c2ccc(C)cc2)N1CCCN(C)C. The summed E-state index contributed by atoms with van der Waals surface area (Å²) in [5.74, 6) is 1.07. The first-order valence-electron chi connectivity index (χ1n) is 8.78. The lowest BCUT2D eigenvalue weighted by molar-refractivity contribution is 0.312. The quantitative estimate of drug-likeness (QED) is 0.746. The highest BCUT2D eigenvalue weighted by Gasteiger charge is 2.29. The Kier molecular flexibility index (Phi) is 5.45. The highest BCUT2D eigenvalue weighted by molar-refractivity contribution is 6.30. The Morgan fingerprint density at radius 2 is 1.80 bits per heavy atom. The fourth-order valence-electron chi connectivity index (χ4n) is 3.40. The molecule has 0 aliphatic carbocycles. The van der Waals surface area contributed by atoms with Gasteiger partial charge in [-0.3, -0.25) is 0 Å². The molecule has 3 rings (SSSR count). The van der Waals surface area contributed by atoms with E-state index < -0.39 is 0 Å². The summed E-state index contributed by atoms with van der Waals surface area (Å²) in [4.78, 5) is 9.46. The van der Waals surface area contributed by atoms with E-state index >= 15 is 0 Å². The van der Waals surface area contributed by atoms with Crippen molar-refractivity contribution >= 4 is 23.1 Å². The number of rotatable bonds is 5. The number of fused-ring (bicyclic) bond motifs is 1. The molecule has 0 aromatic heterocycles. The lowest BCUT2D eigenvalue weighted by Gasteiger charge is -2.38. The molecule has 0 fully saturated rings. The molecule has 0 saturated carbocycles. The molecule has 0 N–H and O–H groups in total. The first-order chi connectivity index (χ1) is 12.0. The van der Waals surface area contributed by atoms with Gasteiger partial charge in [0.25, 0.3) is 0 Å². The second-order valence-corrected chi connectivity index (χ2v) is 7.46. The van der Waals surface area contributed by atoms with Gasteiger partial charge in [-0.05, 0) is 64.7 Å². The van der Waals surface area contributed by atoms with Crippen LogP contribution in [0.25, 0.3) is 0 Å². The molecule has 0 spiro atoms. The van der Waals surface area contributed by atoms with Gasteiger partial charge in [0.15, 0.2) is 0 Å². The summed E-state index contributed by atoms with van der Waals surface area (Å²) in [6.07, 6.45) is 1.10. The van der Waals surface area contributed by atoms with Crippen molar-refractivity contribution in [1.82, 2.24) is 9.80 Å². The van der Waals surface area contributed by atoms with Gasteiger partial charge in [0.05, 0.1) is 11.7 Å². The van der Waals surface area contributed by atoms with Gasteiger partial charge in [0.2, 0.25) is 0 Å². The van der Waals surface area contributed by atoms with Crippen LogP contribution in [0.5, 0.6) is 0 Å². The van der Waals surface area contributed by atoms with Crippen LogP contribution in [0.1, 0.15) is 36.1 Å². The van der Waals surface area contributed by atoms with Gasteiger partial charge in [0, 0.05) is 17.1 Å². The Morgan fingerprint density at radius 3 is 2.48 bits per heavy atom. The van der Waals surface area contributed by atoms with Crippen LogP contribution in [0.15, 0.2) is 47.5 Å². The number of nitrogens with zero attached hydrogens (tertiary/aromatic N) is 3. The Bertz CT molecular complexity index is 765. The molecule has 0 saturated heterocycles. The van der Waals surface area contributed by atoms with Gasteiger partial charge in [-0.1, -0.05) is 41.4 Å². The highest BCUT2D eigenvalue weighted by Crippen LogP contribution is 2.40. The van der Waals surface area contributed by atoms with Gasteiger partial charge in [0.1, 0.15) is 5.84 Å². The van der Waals surface area contributed by atoms with Crippen LogP contribution in [0, 0.1) is 6.92 Å². The summed E-state index contributed by atoms with van der Waals surface area (Å²) in [5.41, 5.74) is 4.77. The van der Waals surface area contributed by atoms with Crippen molar-refractivity contribution in [2.45, 2.75) is 26.3 Å². The monoisotopic (exact) mass is 355 g/mol. The Morgan fingerprint density at radius 1 is 1.08 bits per heavy atom. The van der Waals surface area contributed by atoms with E-state index in [0.29, 0.717) is 0 Å². The summed E-state index contributed by atoms with van der Waals surface area (Å²) in [6, 6.07) is 15.0. The predicted octanol–water partition coefficient (Wildman–Crippen LogP) is 5.06. The number of amidine groups is 1. The minimum atomic E-state index is 0.161. The van der Waals surface area contributed by atoms with Crippen LogP contribution in [-0.2, 0) is 0 Å². The molecular formula is C21H26ClN3. The number of hydrogen-bond donors (Lipinski definition) is 0. The number of benzene rings is 2. The largest absolute Gasteiger partial charge is 0.349 e. The van der Waals surface area contributed by atoms with Crippen molar-refractivity contribution in [2.75, 3.05) is 27.2 Å². The van der Waals surface area contributed by atoms with E-state index in [-0.39, 0.29) is 6.04 Å². The molecular weight excluding hydrogens is 330 g/mol. The lowest BCUT2D eigenvalue weighted by Crippen LogP contribution is -2.38. The molecule has 0 amide bonds. The van der Waals surface area contributed by atoms with E-state index in [2.05, 4.69) is 68.1 Å². The molecule has 0 radical (unpaired) electrons. The van der Waals surface area contributed by atoms with Crippen molar-refractivity contribution in [2.24, 2.45) is 4.99 Å². The lowest BCUT2D eigenvalue weighted by atomic mass is 9.93. The number of hydrogen-bond acceptors (Lipinski definition) is 3. The zero-order valence-electron chi connectivity index (χ0n) is 15.5. The third kappa shape index (κ3) is 4.05. The zero-order valence-corrected chi connectivity index (χ0v) is 16.2. The van der Waals surface area contributed by atoms with Crippen molar-refractivity contribution in [1.29, 1.82) is 0 Å². The molecule has 1 aliphatic heterocycles. The Labute approximate surface area is 155 Å². The van der Waals surface area contributed by atoms with Gasteiger partial charge in [-0.2, -0.15) is 0 Å². The molecule has 1 unspecified atom stereocenters. The first kappa shape index (κ1) is 18.0. The summed E-state index contributed by atoms with van der Waals surface area (Å²) in [6.45, 7) is 6.26. The average Bonchev–Trinajstić information content (AvgIpc) is 2.56. The Balaban J connectivity index is 2.01. The summed E-state index contributed by atoms with van der Waals surface area (Å²) in [5, 5.41) is 0.763. The average molecular weight is 356 g/mol. The highest BCUT2D eigenvalue weighted by atomic mass is 35.5. The third-order valence-electron chi connectivity index (χ3n) is 4.69. The number of aryl methyl sites for hydroxylation is 1. The minimum Gasteiger partial charge on any atom is -0.349 e. The maximum Gasteiger partial charge on any atom is 0.102 e. The molecule has 132 valence electrons. The van der Waals surface area contributed by atoms with E-state index in [4.69, 9.17) is 16.6 Å². The zero-order chi connectivity index (χ0) is 18.0. The van der Waals surface area contributed by atoms with Crippen LogP contribution < -0.4 is 0 Å². The first-order valence-corrected chi connectivity index (χ1v) is 9.16. The molecule has 3 nitrogen and oxygen atoms in total. The Hall–Kier alpha value is -1.84. The molecule has 25 heavy (non-hydrogen) atoms. The third-order valence-corrected chi connectivity index (χ3v) is 4.93. The summed E-state index contributed by atoms with van der Waals surface area (Å²) in [7, 11) is 4.23. The molecule has 1 aliphatic rings. The van der Waals surface area contributed by atoms with Crippen LogP contribution in [0.4, 0.5) is 5.69 Å². The van der Waals surface area contributed by atoms with E-state index in [9.17, 15) is 0 Å². The van der Waals surface area contributed by atoms with Crippen LogP contribution >= 0.6 is 11.6 Å². The van der Waals surface area contributed by atoms with E-state index in [0.717, 1.165) is 36.1 Å². The van der Waals surface area contributed by atoms with Crippen LogP contribution in [0.3, 0.4) is 0 Å². The van der Waals surface area contributed by atoms with Gasteiger partial charge < -0.3 is 9.80 Å². The summed E-state index contributed by atoms with van der Waals surface area (Å²) < 4.78 is 0. The van der Waals surface area contributed by atoms with Crippen LogP contribution in [0.2, 0.25) is 5.02 Å². The molecule has 0 bridgehead atoms. The standard InChI is InChI=1S/C21H26ClN3/c1-15-6-8-17(9-7-15)21-19-14-18(22)10-11-20(19)23-16(2)25(21)13-5-12-24(3)4/h6-11,14,21H,5,12-13H2,1-4H3. The smallest absolute Gasteiger partial charge is 0.102 e. The van der Waals surface area contributed by atoms with Gasteiger partial charge in [-0.15, -0.1) is 0 Å². The van der Waals surface area contributed by atoms with E-state index in [1.807, 2.05) is 12.1 Å². The second kappa shape index (κ2) is 7.59. The minimum absolute atomic E-state index is 0.161. The topological polar surface area (TPSA) is 18.8 Å².